The lowest BCUT2D eigenvalue weighted by Gasteiger charge is -2.41. The lowest BCUT2D eigenvalue weighted by atomic mass is 9.63. The summed E-state index contributed by atoms with van der Waals surface area (Å²) in [7, 11) is 1.61. The van der Waals surface area contributed by atoms with Crippen molar-refractivity contribution in [2.75, 3.05) is 20.3 Å². The van der Waals surface area contributed by atoms with Gasteiger partial charge >= 0.3 is 0 Å². The molecule has 0 atom stereocenters. The lowest BCUT2D eigenvalue weighted by Crippen LogP contribution is -2.50. The van der Waals surface area contributed by atoms with Crippen molar-refractivity contribution in [3.8, 4) is 0 Å². The summed E-state index contributed by atoms with van der Waals surface area (Å²) in [5.74, 6) is 0.0278. The van der Waals surface area contributed by atoms with E-state index in [1.807, 2.05) is 6.07 Å². The third kappa shape index (κ3) is 2.88. The summed E-state index contributed by atoms with van der Waals surface area (Å²) in [4.78, 5) is 12.4. The minimum atomic E-state index is -0.491. The van der Waals surface area contributed by atoms with Crippen LogP contribution in [0, 0.1) is 0 Å². The smallest absolute Gasteiger partial charge is 0.230 e. The SMILES string of the molecule is COCCNC(=O)C1(c2ccc(Cl)cc2Cl)CCC1. The van der Waals surface area contributed by atoms with Crippen LogP contribution in [-0.2, 0) is 14.9 Å². The molecule has 19 heavy (non-hydrogen) atoms. The molecule has 1 aliphatic carbocycles. The van der Waals surface area contributed by atoms with E-state index in [2.05, 4.69) is 5.32 Å². The second-order valence-electron chi connectivity index (χ2n) is 4.81. The molecule has 2 rings (SSSR count). The first-order chi connectivity index (χ1) is 9.10. The Balaban J connectivity index is 2.20. The number of ether oxygens (including phenoxy) is 1. The van der Waals surface area contributed by atoms with Gasteiger partial charge in [-0.15, -0.1) is 0 Å². The standard InChI is InChI=1S/C14H17Cl2NO2/c1-19-8-7-17-13(18)14(5-2-6-14)11-4-3-10(15)9-12(11)16/h3-4,9H,2,5-8H2,1H3,(H,17,18). The van der Waals surface area contributed by atoms with Gasteiger partial charge in [0.25, 0.3) is 0 Å². The van der Waals surface area contributed by atoms with Crippen molar-refractivity contribution in [3.05, 3.63) is 33.8 Å². The Hall–Kier alpha value is -0.770. The molecule has 1 amide bonds. The molecule has 1 aromatic rings. The molecule has 0 saturated heterocycles. The predicted molar refractivity (Wildman–Crippen MR) is 76.9 cm³/mol. The summed E-state index contributed by atoms with van der Waals surface area (Å²) in [6.07, 6.45) is 2.69. The number of methoxy groups -OCH3 is 1. The minimum Gasteiger partial charge on any atom is -0.383 e. The van der Waals surface area contributed by atoms with Crippen molar-refractivity contribution in [1.82, 2.24) is 5.32 Å². The number of hydrogen-bond donors (Lipinski definition) is 1. The third-order valence-corrected chi connectivity index (χ3v) is 4.23. The Bertz CT molecular complexity index is 473. The van der Waals surface area contributed by atoms with E-state index in [4.69, 9.17) is 27.9 Å². The first-order valence-electron chi connectivity index (χ1n) is 6.33. The molecule has 1 aliphatic rings. The number of benzene rings is 1. The van der Waals surface area contributed by atoms with Gasteiger partial charge in [0.1, 0.15) is 0 Å². The van der Waals surface area contributed by atoms with Gasteiger partial charge in [-0.1, -0.05) is 35.7 Å². The van der Waals surface area contributed by atoms with E-state index in [-0.39, 0.29) is 5.91 Å². The number of amides is 1. The molecule has 0 aromatic heterocycles. The van der Waals surface area contributed by atoms with Gasteiger partial charge in [-0.25, -0.2) is 0 Å². The molecule has 0 bridgehead atoms. The van der Waals surface area contributed by atoms with Gasteiger partial charge in [-0.05, 0) is 30.5 Å². The van der Waals surface area contributed by atoms with Crippen LogP contribution in [0.4, 0.5) is 0 Å². The summed E-state index contributed by atoms with van der Waals surface area (Å²) in [5.41, 5.74) is 0.384. The highest BCUT2D eigenvalue weighted by molar-refractivity contribution is 6.35. The Morgan fingerprint density at radius 1 is 1.42 bits per heavy atom. The maximum atomic E-state index is 12.4. The zero-order valence-electron chi connectivity index (χ0n) is 10.8. The quantitative estimate of drug-likeness (QED) is 0.848. The largest absolute Gasteiger partial charge is 0.383 e. The average Bonchev–Trinajstić information content (AvgIpc) is 2.31. The summed E-state index contributed by atoms with van der Waals surface area (Å²) in [5, 5.41) is 4.06. The number of carbonyl (C=O) groups excluding carboxylic acids is 1. The normalized spacial score (nSPS) is 16.8. The second-order valence-corrected chi connectivity index (χ2v) is 5.65. The van der Waals surface area contributed by atoms with E-state index in [0.29, 0.717) is 23.2 Å². The third-order valence-electron chi connectivity index (χ3n) is 3.68. The highest BCUT2D eigenvalue weighted by Crippen LogP contribution is 2.46. The van der Waals surface area contributed by atoms with E-state index in [1.54, 1.807) is 19.2 Å². The fraction of sp³-hybridized carbons (Fsp3) is 0.500. The minimum absolute atomic E-state index is 0.0278. The van der Waals surface area contributed by atoms with Gasteiger partial charge in [-0.3, -0.25) is 4.79 Å². The highest BCUT2D eigenvalue weighted by Gasteiger charge is 2.46. The molecule has 0 unspecified atom stereocenters. The molecule has 1 N–H and O–H groups in total. The fourth-order valence-corrected chi connectivity index (χ4v) is 3.05. The molecule has 1 aromatic carbocycles. The van der Waals surface area contributed by atoms with Crippen LogP contribution < -0.4 is 5.32 Å². The zero-order valence-corrected chi connectivity index (χ0v) is 12.4. The molecule has 0 aliphatic heterocycles. The van der Waals surface area contributed by atoms with Gasteiger partial charge in [-0.2, -0.15) is 0 Å². The van der Waals surface area contributed by atoms with Gasteiger partial charge in [0.05, 0.1) is 12.0 Å². The van der Waals surface area contributed by atoms with Crippen molar-refractivity contribution in [1.29, 1.82) is 0 Å². The average molecular weight is 302 g/mol. The van der Waals surface area contributed by atoms with Crippen molar-refractivity contribution in [3.63, 3.8) is 0 Å². The van der Waals surface area contributed by atoms with Crippen LogP contribution in [0.5, 0.6) is 0 Å². The fourth-order valence-electron chi connectivity index (χ4n) is 2.46. The van der Waals surface area contributed by atoms with E-state index < -0.39 is 5.41 Å². The van der Waals surface area contributed by atoms with Crippen molar-refractivity contribution in [2.45, 2.75) is 24.7 Å². The molecule has 104 valence electrons. The van der Waals surface area contributed by atoms with Crippen LogP contribution in [0.15, 0.2) is 18.2 Å². The van der Waals surface area contributed by atoms with Crippen molar-refractivity contribution in [2.24, 2.45) is 0 Å². The Labute approximate surface area is 123 Å². The molecule has 0 heterocycles. The zero-order chi connectivity index (χ0) is 13.9. The summed E-state index contributed by atoms with van der Waals surface area (Å²) in [6, 6.07) is 5.34. The molecule has 5 heteroatoms. The number of carbonyl (C=O) groups is 1. The van der Waals surface area contributed by atoms with Crippen molar-refractivity contribution >= 4 is 29.1 Å². The number of rotatable bonds is 5. The van der Waals surface area contributed by atoms with Crippen LogP contribution >= 0.6 is 23.2 Å². The lowest BCUT2D eigenvalue weighted by molar-refractivity contribution is -0.130. The molecule has 0 spiro atoms. The number of nitrogens with one attached hydrogen (secondary N) is 1. The van der Waals surface area contributed by atoms with Crippen LogP contribution in [0.2, 0.25) is 10.0 Å². The maximum Gasteiger partial charge on any atom is 0.230 e. The van der Waals surface area contributed by atoms with E-state index in [0.717, 1.165) is 24.8 Å². The van der Waals surface area contributed by atoms with E-state index in [9.17, 15) is 4.79 Å². The molecule has 1 fully saturated rings. The van der Waals surface area contributed by atoms with Gasteiger partial charge in [0.2, 0.25) is 5.91 Å². The Morgan fingerprint density at radius 2 is 2.16 bits per heavy atom. The topological polar surface area (TPSA) is 38.3 Å². The van der Waals surface area contributed by atoms with Gasteiger partial charge in [0.15, 0.2) is 0 Å². The van der Waals surface area contributed by atoms with Crippen LogP contribution in [0.1, 0.15) is 24.8 Å². The van der Waals surface area contributed by atoms with E-state index >= 15 is 0 Å². The highest BCUT2D eigenvalue weighted by atomic mass is 35.5. The van der Waals surface area contributed by atoms with E-state index in [1.165, 1.54) is 0 Å². The maximum absolute atomic E-state index is 12.4. The molecule has 0 radical (unpaired) electrons. The Kier molecular flexibility index (Phi) is 4.71. The van der Waals surface area contributed by atoms with Crippen molar-refractivity contribution < 1.29 is 9.53 Å². The second kappa shape index (κ2) is 6.12. The molecular weight excluding hydrogens is 285 g/mol. The predicted octanol–water partition coefficient (Wildman–Crippen LogP) is 3.18. The number of halogens is 2. The summed E-state index contributed by atoms with van der Waals surface area (Å²) >= 11 is 12.2. The Morgan fingerprint density at radius 3 is 2.68 bits per heavy atom. The van der Waals surface area contributed by atoms with Gasteiger partial charge < -0.3 is 10.1 Å². The summed E-state index contributed by atoms with van der Waals surface area (Å²) < 4.78 is 4.94. The van der Waals surface area contributed by atoms with Crippen LogP contribution in [-0.4, -0.2) is 26.2 Å². The number of hydrogen-bond acceptors (Lipinski definition) is 2. The first kappa shape index (κ1) is 14.6. The first-order valence-corrected chi connectivity index (χ1v) is 7.08. The van der Waals surface area contributed by atoms with Crippen LogP contribution in [0.25, 0.3) is 0 Å². The molecular formula is C14H17Cl2NO2. The van der Waals surface area contributed by atoms with Crippen LogP contribution in [0.3, 0.4) is 0 Å². The van der Waals surface area contributed by atoms with Gasteiger partial charge in [0, 0.05) is 23.7 Å². The summed E-state index contributed by atoms with van der Waals surface area (Å²) in [6.45, 7) is 1.03. The monoisotopic (exact) mass is 301 g/mol. The molecule has 3 nitrogen and oxygen atoms in total. The molecule has 1 saturated carbocycles.